The van der Waals surface area contributed by atoms with Gasteiger partial charge in [-0.3, -0.25) is 0 Å². The van der Waals surface area contributed by atoms with Gasteiger partial charge in [-0.1, -0.05) is 56.3 Å². The summed E-state index contributed by atoms with van der Waals surface area (Å²) in [5.74, 6) is 1.33. The van der Waals surface area contributed by atoms with Gasteiger partial charge in [0.15, 0.2) is 0 Å². The van der Waals surface area contributed by atoms with Gasteiger partial charge in [0.1, 0.15) is 11.9 Å². The second kappa shape index (κ2) is 5.29. The summed E-state index contributed by atoms with van der Waals surface area (Å²) in [6, 6.07) is 16.2. The number of ether oxygens (including phenoxy) is 1. The Kier molecular flexibility index (Phi) is 3.49. The lowest BCUT2D eigenvalue weighted by Gasteiger charge is -2.30. The molecule has 0 saturated carbocycles. The molecule has 2 aromatic rings. The van der Waals surface area contributed by atoms with E-state index in [1.54, 1.807) is 0 Å². The lowest BCUT2D eigenvalue weighted by Crippen LogP contribution is -2.18. The van der Waals surface area contributed by atoms with E-state index in [1.807, 2.05) is 24.3 Å². The van der Waals surface area contributed by atoms with Gasteiger partial charge >= 0.3 is 0 Å². The zero-order valence-corrected chi connectivity index (χ0v) is 11.9. The average Bonchev–Trinajstić information content (AvgIpc) is 2.47. The molecule has 3 rings (SSSR count). The molecule has 1 aliphatic rings. The molecule has 0 aliphatic carbocycles. The van der Waals surface area contributed by atoms with Crippen LogP contribution in [0.2, 0.25) is 0 Å². The number of para-hydroxylation sites is 1. The molecule has 1 aliphatic heterocycles. The van der Waals surface area contributed by atoms with Crippen molar-refractivity contribution in [2.45, 2.75) is 38.4 Å². The van der Waals surface area contributed by atoms with Crippen LogP contribution in [0.5, 0.6) is 5.75 Å². The molecule has 0 saturated heterocycles. The molecule has 1 unspecified atom stereocenters. The monoisotopic (exact) mass is 268 g/mol. The van der Waals surface area contributed by atoms with E-state index >= 15 is 0 Å². The largest absolute Gasteiger partial charge is 0.485 e. The molecule has 2 heteroatoms. The Hall–Kier alpha value is -1.80. The maximum absolute atomic E-state index is 10.3. The van der Waals surface area contributed by atoms with Crippen LogP contribution in [0.3, 0.4) is 0 Å². The van der Waals surface area contributed by atoms with Crippen LogP contribution in [0.4, 0.5) is 0 Å². The SMILES string of the molecule is CC(C)c1ccc(C2C[C@H](O)c3ccccc3O2)cc1. The van der Waals surface area contributed by atoms with E-state index in [-0.39, 0.29) is 6.10 Å². The summed E-state index contributed by atoms with van der Waals surface area (Å²) in [4.78, 5) is 0. The van der Waals surface area contributed by atoms with E-state index in [0.29, 0.717) is 12.3 Å². The molecule has 0 aromatic heterocycles. The molecule has 1 N–H and O–H groups in total. The molecule has 0 radical (unpaired) electrons. The highest BCUT2D eigenvalue weighted by molar-refractivity contribution is 5.38. The van der Waals surface area contributed by atoms with Crippen LogP contribution < -0.4 is 4.74 Å². The number of fused-ring (bicyclic) bond motifs is 1. The lowest BCUT2D eigenvalue weighted by molar-refractivity contribution is 0.0657. The minimum atomic E-state index is -0.449. The first-order chi connectivity index (χ1) is 9.65. The number of rotatable bonds is 2. The summed E-state index contributed by atoms with van der Waals surface area (Å²) < 4.78 is 6.03. The highest BCUT2D eigenvalue weighted by Crippen LogP contribution is 2.40. The number of hydrogen-bond acceptors (Lipinski definition) is 2. The molecule has 0 spiro atoms. The molecule has 2 nitrogen and oxygen atoms in total. The number of hydrogen-bond donors (Lipinski definition) is 1. The molecule has 104 valence electrons. The Morgan fingerprint density at radius 2 is 1.75 bits per heavy atom. The van der Waals surface area contributed by atoms with Crippen molar-refractivity contribution in [1.82, 2.24) is 0 Å². The van der Waals surface area contributed by atoms with Gasteiger partial charge in [-0.25, -0.2) is 0 Å². The van der Waals surface area contributed by atoms with Gasteiger partial charge in [0.05, 0.1) is 6.10 Å². The maximum Gasteiger partial charge on any atom is 0.127 e. The van der Waals surface area contributed by atoms with Gasteiger partial charge < -0.3 is 9.84 Å². The molecule has 0 fully saturated rings. The summed E-state index contributed by atoms with van der Waals surface area (Å²) in [5, 5.41) is 10.3. The minimum absolute atomic E-state index is 0.0684. The smallest absolute Gasteiger partial charge is 0.127 e. The quantitative estimate of drug-likeness (QED) is 0.876. The standard InChI is InChI=1S/C18H20O2/c1-12(2)13-7-9-14(10-8-13)18-11-16(19)15-5-3-4-6-17(15)20-18/h3-10,12,16,18-19H,11H2,1-2H3/t16-,18?/m0/s1. The van der Waals surface area contributed by atoms with E-state index in [4.69, 9.17) is 4.74 Å². The second-order valence-electron chi connectivity index (χ2n) is 5.72. The van der Waals surface area contributed by atoms with Crippen molar-refractivity contribution in [2.24, 2.45) is 0 Å². The maximum atomic E-state index is 10.3. The van der Waals surface area contributed by atoms with Gasteiger partial charge in [-0.2, -0.15) is 0 Å². The molecule has 2 aromatic carbocycles. The highest BCUT2D eigenvalue weighted by Gasteiger charge is 2.27. The highest BCUT2D eigenvalue weighted by atomic mass is 16.5. The van der Waals surface area contributed by atoms with Crippen LogP contribution in [0.25, 0.3) is 0 Å². The Balaban J connectivity index is 1.86. The minimum Gasteiger partial charge on any atom is -0.485 e. The predicted molar refractivity (Wildman–Crippen MR) is 79.9 cm³/mol. The third kappa shape index (κ3) is 2.44. The van der Waals surface area contributed by atoms with Crippen LogP contribution in [0, 0.1) is 0 Å². The fourth-order valence-electron chi connectivity index (χ4n) is 2.69. The van der Waals surface area contributed by atoms with Crippen molar-refractivity contribution in [3.8, 4) is 5.75 Å². The fraction of sp³-hybridized carbons (Fsp3) is 0.333. The molecule has 0 bridgehead atoms. The first kappa shape index (κ1) is 13.2. The molecular formula is C18H20O2. The number of benzene rings is 2. The first-order valence-corrected chi connectivity index (χ1v) is 7.18. The Morgan fingerprint density at radius 3 is 2.45 bits per heavy atom. The topological polar surface area (TPSA) is 29.5 Å². The van der Waals surface area contributed by atoms with Crippen LogP contribution in [0.15, 0.2) is 48.5 Å². The van der Waals surface area contributed by atoms with Gasteiger partial charge in [-0.15, -0.1) is 0 Å². The van der Waals surface area contributed by atoms with E-state index in [2.05, 4.69) is 38.1 Å². The van der Waals surface area contributed by atoms with Gasteiger partial charge in [0.25, 0.3) is 0 Å². The summed E-state index contributed by atoms with van der Waals surface area (Å²) >= 11 is 0. The summed E-state index contributed by atoms with van der Waals surface area (Å²) in [7, 11) is 0. The summed E-state index contributed by atoms with van der Waals surface area (Å²) in [6.07, 6.45) is 0.0914. The predicted octanol–water partition coefficient (Wildman–Crippen LogP) is 4.37. The molecule has 1 heterocycles. The number of aliphatic hydroxyl groups excluding tert-OH is 1. The van der Waals surface area contributed by atoms with E-state index < -0.39 is 6.10 Å². The van der Waals surface area contributed by atoms with Crippen LogP contribution in [0.1, 0.15) is 55.1 Å². The van der Waals surface area contributed by atoms with Gasteiger partial charge in [-0.05, 0) is 23.1 Å². The lowest BCUT2D eigenvalue weighted by atomic mass is 9.93. The third-order valence-corrected chi connectivity index (χ3v) is 3.96. The van der Waals surface area contributed by atoms with E-state index in [1.165, 1.54) is 5.56 Å². The van der Waals surface area contributed by atoms with E-state index in [9.17, 15) is 5.11 Å². The molecule has 0 amide bonds. The summed E-state index contributed by atoms with van der Waals surface area (Å²) in [5.41, 5.74) is 3.34. The Morgan fingerprint density at radius 1 is 1.05 bits per heavy atom. The average molecular weight is 268 g/mol. The van der Waals surface area contributed by atoms with Crippen molar-refractivity contribution < 1.29 is 9.84 Å². The molecule has 20 heavy (non-hydrogen) atoms. The Bertz CT molecular complexity index is 587. The summed E-state index contributed by atoms with van der Waals surface area (Å²) in [6.45, 7) is 4.37. The van der Waals surface area contributed by atoms with Crippen molar-refractivity contribution >= 4 is 0 Å². The van der Waals surface area contributed by atoms with Crippen LogP contribution in [-0.4, -0.2) is 5.11 Å². The Labute approximate surface area is 120 Å². The van der Waals surface area contributed by atoms with Crippen molar-refractivity contribution in [1.29, 1.82) is 0 Å². The zero-order chi connectivity index (χ0) is 14.1. The number of aliphatic hydroxyl groups is 1. The van der Waals surface area contributed by atoms with Gasteiger partial charge in [0, 0.05) is 12.0 Å². The van der Waals surface area contributed by atoms with E-state index in [0.717, 1.165) is 16.9 Å². The van der Waals surface area contributed by atoms with Crippen LogP contribution in [-0.2, 0) is 0 Å². The molecule has 2 atom stereocenters. The zero-order valence-electron chi connectivity index (χ0n) is 11.9. The third-order valence-electron chi connectivity index (χ3n) is 3.96. The molecular weight excluding hydrogens is 248 g/mol. The fourth-order valence-corrected chi connectivity index (χ4v) is 2.69. The van der Waals surface area contributed by atoms with Crippen LogP contribution >= 0.6 is 0 Å². The normalized spacial score (nSPS) is 21.4. The first-order valence-electron chi connectivity index (χ1n) is 7.18. The van der Waals surface area contributed by atoms with Gasteiger partial charge in [0.2, 0.25) is 0 Å². The van der Waals surface area contributed by atoms with Crippen molar-refractivity contribution in [2.75, 3.05) is 0 Å². The second-order valence-corrected chi connectivity index (χ2v) is 5.72. The van der Waals surface area contributed by atoms with Crippen molar-refractivity contribution in [3.05, 3.63) is 65.2 Å². The van der Waals surface area contributed by atoms with Crippen molar-refractivity contribution in [3.63, 3.8) is 0 Å².